The Labute approximate surface area is 201 Å². The Kier molecular flexibility index (Phi) is 7.13. The Morgan fingerprint density at radius 1 is 1.03 bits per heavy atom. The third kappa shape index (κ3) is 6.33. The molecule has 0 atom stereocenters. The zero-order valence-electron chi connectivity index (χ0n) is 17.7. The third-order valence-corrected chi connectivity index (χ3v) is 6.56. The Morgan fingerprint density at radius 3 is 2.41 bits per heavy atom. The lowest BCUT2D eigenvalue weighted by atomic mass is 10.2. The zero-order chi connectivity index (χ0) is 24.1. The SMILES string of the molecule is Cc1nc(-c2ccccc2)sc1-c1ccc(SCC(=O)Nc2ccc(OC(F)(F)F)cc2)nn1. The van der Waals surface area contributed by atoms with Gasteiger partial charge in [0.2, 0.25) is 5.91 Å². The van der Waals surface area contributed by atoms with E-state index in [1.165, 1.54) is 35.2 Å². The number of nitrogens with zero attached hydrogens (tertiary/aromatic N) is 3. The number of hydrogen-bond donors (Lipinski definition) is 1. The smallest absolute Gasteiger partial charge is 0.406 e. The van der Waals surface area contributed by atoms with Crippen LogP contribution < -0.4 is 10.1 Å². The van der Waals surface area contributed by atoms with E-state index in [1.807, 2.05) is 43.3 Å². The van der Waals surface area contributed by atoms with Crippen LogP contribution in [-0.2, 0) is 4.79 Å². The summed E-state index contributed by atoms with van der Waals surface area (Å²) in [4.78, 5) is 17.7. The zero-order valence-corrected chi connectivity index (χ0v) is 19.3. The number of amides is 1. The molecule has 2 aromatic carbocycles. The van der Waals surface area contributed by atoms with Crippen molar-refractivity contribution in [2.45, 2.75) is 18.3 Å². The molecule has 0 fully saturated rings. The monoisotopic (exact) mass is 502 g/mol. The van der Waals surface area contributed by atoms with E-state index in [-0.39, 0.29) is 17.4 Å². The van der Waals surface area contributed by atoms with E-state index in [4.69, 9.17) is 0 Å². The number of rotatable bonds is 7. The molecule has 0 aliphatic carbocycles. The number of alkyl halides is 3. The first kappa shape index (κ1) is 23.7. The van der Waals surface area contributed by atoms with Gasteiger partial charge in [0.15, 0.2) is 0 Å². The van der Waals surface area contributed by atoms with Crippen molar-refractivity contribution in [3.63, 3.8) is 0 Å². The number of hydrogen-bond acceptors (Lipinski definition) is 7. The molecule has 4 aromatic rings. The molecular formula is C23H17F3N4O2S2. The number of carbonyl (C=O) groups is 1. The predicted molar refractivity (Wildman–Crippen MR) is 126 cm³/mol. The van der Waals surface area contributed by atoms with Gasteiger partial charge in [-0.2, -0.15) is 0 Å². The van der Waals surface area contributed by atoms with Crippen molar-refractivity contribution in [2.24, 2.45) is 0 Å². The van der Waals surface area contributed by atoms with Crippen LogP contribution >= 0.6 is 23.1 Å². The maximum atomic E-state index is 12.2. The number of halogens is 3. The van der Waals surface area contributed by atoms with Crippen LogP contribution in [0.4, 0.5) is 18.9 Å². The van der Waals surface area contributed by atoms with Crippen LogP contribution in [0.25, 0.3) is 21.1 Å². The minimum atomic E-state index is -4.76. The van der Waals surface area contributed by atoms with Gasteiger partial charge in [-0.25, -0.2) is 4.98 Å². The van der Waals surface area contributed by atoms with Crippen molar-refractivity contribution in [1.29, 1.82) is 0 Å². The Morgan fingerprint density at radius 2 is 1.76 bits per heavy atom. The molecule has 6 nitrogen and oxygen atoms in total. The maximum Gasteiger partial charge on any atom is 0.573 e. The molecule has 1 N–H and O–H groups in total. The van der Waals surface area contributed by atoms with Gasteiger partial charge in [-0.05, 0) is 43.3 Å². The number of thiazole rings is 1. The van der Waals surface area contributed by atoms with Crippen LogP contribution in [0.3, 0.4) is 0 Å². The molecule has 2 heterocycles. The van der Waals surface area contributed by atoms with Crippen LogP contribution in [0.2, 0.25) is 0 Å². The van der Waals surface area contributed by atoms with E-state index in [2.05, 4.69) is 25.2 Å². The van der Waals surface area contributed by atoms with Crippen molar-refractivity contribution in [3.05, 3.63) is 72.4 Å². The fraction of sp³-hybridized carbons (Fsp3) is 0.130. The van der Waals surface area contributed by atoms with Gasteiger partial charge in [-0.3, -0.25) is 4.79 Å². The van der Waals surface area contributed by atoms with Crippen molar-refractivity contribution in [2.75, 3.05) is 11.1 Å². The third-order valence-electron chi connectivity index (χ3n) is 4.41. The molecule has 11 heteroatoms. The quantitative estimate of drug-likeness (QED) is 0.303. The number of aryl methyl sites for hydroxylation is 1. The lowest BCUT2D eigenvalue weighted by Crippen LogP contribution is -2.17. The molecule has 4 rings (SSSR count). The van der Waals surface area contributed by atoms with Crippen LogP contribution in [0.5, 0.6) is 5.75 Å². The van der Waals surface area contributed by atoms with Gasteiger partial charge in [0.05, 0.1) is 16.3 Å². The first-order chi connectivity index (χ1) is 16.3. The van der Waals surface area contributed by atoms with E-state index < -0.39 is 6.36 Å². The van der Waals surface area contributed by atoms with Crippen molar-refractivity contribution >= 4 is 34.7 Å². The summed E-state index contributed by atoms with van der Waals surface area (Å²) in [6, 6.07) is 18.4. The number of aromatic nitrogens is 3. The lowest BCUT2D eigenvalue weighted by molar-refractivity contribution is -0.274. The van der Waals surface area contributed by atoms with Gasteiger partial charge >= 0.3 is 6.36 Å². The average molecular weight is 503 g/mol. The van der Waals surface area contributed by atoms with E-state index >= 15 is 0 Å². The van der Waals surface area contributed by atoms with Crippen LogP contribution in [0.15, 0.2) is 71.8 Å². The average Bonchev–Trinajstić information content (AvgIpc) is 3.20. The molecule has 174 valence electrons. The molecule has 34 heavy (non-hydrogen) atoms. The maximum absolute atomic E-state index is 12.2. The summed E-state index contributed by atoms with van der Waals surface area (Å²) in [7, 11) is 0. The second kappa shape index (κ2) is 10.2. The second-order valence-electron chi connectivity index (χ2n) is 6.97. The molecule has 0 saturated carbocycles. The van der Waals surface area contributed by atoms with Crippen LogP contribution in [0, 0.1) is 6.92 Å². The van der Waals surface area contributed by atoms with E-state index in [0.29, 0.717) is 16.4 Å². The van der Waals surface area contributed by atoms with Gasteiger partial charge in [-0.15, -0.1) is 34.7 Å². The molecule has 0 aliphatic heterocycles. The van der Waals surface area contributed by atoms with Crippen LogP contribution in [-0.4, -0.2) is 33.2 Å². The molecule has 0 aliphatic rings. The number of thioether (sulfide) groups is 1. The summed E-state index contributed by atoms with van der Waals surface area (Å²) in [5.41, 5.74) is 2.96. The summed E-state index contributed by atoms with van der Waals surface area (Å²) >= 11 is 2.74. The Balaban J connectivity index is 1.33. The highest BCUT2D eigenvalue weighted by atomic mass is 32.2. The minimum absolute atomic E-state index is 0.0621. The van der Waals surface area contributed by atoms with Gasteiger partial charge in [0.25, 0.3) is 0 Å². The fourth-order valence-electron chi connectivity index (χ4n) is 2.93. The largest absolute Gasteiger partial charge is 0.573 e. The van der Waals surface area contributed by atoms with Gasteiger partial charge < -0.3 is 10.1 Å². The van der Waals surface area contributed by atoms with Gasteiger partial charge in [0, 0.05) is 11.3 Å². The molecule has 0 saturated heterocycles. The summed E-state index contributed by atoms with van der Waals surface area (Å²) in [6.07, 6.45) is -4.76. The highest BCUT2D eigenvalue weighted by Gasteiger charge is 2.31. The number of nitrogens with one attached hydrogen (secondary N) is 1. The minimum Gasteiger partial charge on any atom is -0.406 e. The predicted octanol–water partition coefficient (Wildman–Crippen LogP) is 6.20. The first-order valence-electron chi connectivity index (χ1n) is 9.92. The molecule has 0 radical (unpaired) electrons. The van der Waals surface area contributed by atoms with Gasteiger partial charge in [-0.1, -0.05) is 42.1 Å². The molecule has 0 bridgehead atoms. The summed E-state index contributed by atoms with van der Waals surface area (Å²) in [5, 5.41) is 12.6. The molecular weight excluding hydrogens is 485 g/mol. The fourth-order valence-corrected chi connectivity index (χ4v) is 4.58. The van der Waals surface area contributed by atoms with Crippen molar-refractivity contribution in [1.82, 2.24) is 15.2 Å². The standard InChI is InChI=1S/C23H17F3N4O2S2/c1-14-21(34-22(27-14)15-5-3-2-4-6-15)18-11-12-20(30-29-18)33-13-19(31)28-16-7-9-17(10-8-16)32-23(24,25)26/h2-12H,13H2,1H3,(H,28,31). The van der Waals surface area contributed by atoms with Crippen molar-refractivity contribution < 1.29 is 22.7 Å². The molecule has 2 aromatic heterocycles. The normalized spacial score (nSPS) is 11.3. The van der Waals surface area contributed by atoms with Crippen LogP contribution in [0.1, 0.15) is 5.69 Å². The molecule has 1 amide bonds. The molecule has 0 spiro atoms. The van der Waals surface area contributed by atoms with Gasteiger partial charge in [0.1, 0.15) is 21.5 Å². The highest BCUT2D eigenvalue weighted by Crippen LogP contribution is 2.34. The number of ether oxygens (including phenoxy) is 1. The number of anilines is 1. The van der Waals surface area contributed by atoms with E-state index in [1.54, 1.807) is 6.07 Å². The topological polar surface area (TPSA) is 77.0 Å². The summed E-state index contributed by atoms with van der Waals surface area (Å²) in [6.45, 7) is 1.93. The summed E-state index contributed by atoms with van der Waals surface area (Å²) < 4.78 is 40.5. The summed E-state index contributed by atoms with van der Waals surface area (Å²) in [5.74, 6) is -0.625. The van der Waals surface area contributed by atoms with Crippen molar-refractivity contribution in [3.8, 4) is 26.9 Å². The second-order valence-corrected chi connectivity index (χ2v) is 8.96. The van der Waals surface area contributed by atoms with E-state index in [0.717, 1.165) is 33.3 Å². The first-order valence-corrected chi connectivity index (χ1v) is 11.7. The Bertz CT molecular complexity index is 1260. The molecule has 0 unspecified atom stereocenters. The lowest BCUT2D eigenvalue weighted by Gasteiger charge is -2.09. The van der Waals surface area contributed by atoms with E-state index in [9.17, 15) is 18.0 Å². The Hall–Kier alpha value is -3.44. The number of carbonyl (C=O) groups excluding carboxylic acids is 1. The highest BCUT2D eigenvalue weighted by molar-refractivity contribution is 7.99. The number of benzene rings is 2.